The molecular formula is C18H26BrFN2O2. The molecule has 1 aliphatic rings. The van der Waals surface area contributed by atoms with Crippen LogP contribution in [-0.2, 0) is 4.74 Å². The maximum atomic E-state index is 14.1. The predicted molar refractivity (Wildman–Crippen MR) is 96.4 cm³/mol. The first-order chi connectivity index (χ1) is 11.2. The Morgan fingerprint density at radius 1 is 1.42 bits per heavy atom. The zero-order valence-corrected chi connectivity index (χ0v) is 16.2. The molecule has 4 nitrogen and oxygen atoms in total. The van der Waals surface area contributed by atoms with Gasteiger partial charge in [0.2, 0.25) is 0 Å². The normalized spacial score (nSPS) is 17.2. The van der Waals surface area contributed by atoms with E-state index < -0.39 is 11.7 Å². The molecule has 1 fully saturated rings. The molecule has 0 radical (unpaired) electrons. The van der Waals surface area contributed by atoms with Gasteiger partial charge < -0.3 is 15.4 Å². The van der Waals surface area contributed by atoms with Crippen LogP contribution in [0.15, 0.2) is 22.7 Å². The summed E-state index contributed by atoms with van der Waals surface area (Å²) in [6, 6.07) is 5.06. The van der Waals surface area contributed by atoms with Gasteiger partial charge in [-0.2, -0.15) is 0 Å². The van der Waals surface area contributed by atoms with Gasteiger partial charge in [-0.1, -0.05) is 22.0 Å². The molecule has 0 bridgehead atoms. The van der Waals surface area contributed by atoms with Gasteiger partial charge in [0, 0.05) is 28.7 Å². The maximum absolute atomic E-state index is 14.1. The van der Waals surface area contributed by atoms with Crippen molar-refractivity contribution in [3.63, 3.8) is 0 Å². The van der Waals surface area contributed by atoms with E-state index in [1.54, 1.807) is 6.07 Å². The van der Waals surface area contributed by atoms with Crippen molar-refractivity contribution in [1.29, 1.82) is 0 Å². The minimum atomic E-state index is -0.513. The van der Waals surface area contributed by atoms with Gasteiger partial charge in [-0.15, -0.1) is 0 Å². The van der Waals surface area contributed by atoms with Crippen LogP contribution in [0, 0.1) is 11.7 Å². The van der Waals surface area contributed by atoms with Crippen LogP contribution in [0.3, 0.4) is 0 Å². The first kappa shape index (κ1) is 19.2. The van der Waals surface area contributed by atoms with Crippen LogP contribution in [0.1, 0.15) is 52.1 Å². The quantitative estimate of drug-likeness (QED) is 0.736. The lowest BCUT2D eigenvalue weighted by Crippen LogP contribution is -2.44. The fourth-order valence-electron chi connectivity index (χ4n) is 2.63. The van der Waals surface area contributed by atoms with Crippen molar-refractivity contribution in [2.45, 2.75) is 58.2 Å². The summed E-state index contributed by atoms with van der Waals surface area (Å²) in [6.07, 6.45) is 1.84. The number of alkyl carbamates (subject to hydrolysis) is 1. The summed E-state index contributed by atoms with van der Waals surface area (Å²) >= 11 is 3.27. The first-order valence-electron chi connectivity index (χ1n) is 8.33. The fraction of sp³-hybridized carbons (Fsp3) is 0.611. The van der Waals surface area contributed by atoms with Crippen molar-refractivity contribution >= 4 is 22.0 Å². The third-order valence-electron chi connectivity index (χ3n) is 3.95. The number of benzene rings is 1. The van der Waals surface area contributed by atoms with E-state index in [1.807, 2.05) is 33.8 Å². The Morgan fingerprint density at radius 2 is 2.08 bits per heavy atom. The van der Waals surface area contributed by atoms with Gasteiger partial charge in [-0.25, -0.2) is 9.18 Å². The highest BCUT2D eigenvalue weighted by Crippen LogP contribution is 2.34. The predicted octanol–water partition coefficient (Wildman–Crippen LogP) is 4.54. The Labute approximate surface area is 151 Å². The molecule has 1 aromatic rings. The van der Waals surface area contributed by atoms with Gasteiger partial charge in [0.05, 0.1) is 0 Å². The first-order valence-corrected chi connectivity index (χ1v) is 9.13. The minimum Gasteiger partial charge on any atom is -0.444 e. The van der Waals surface area contributed by atoms with E-state index >= 15 is 0 Å². The van der Waals surface area contributed by atoms with E-state index in [4.69, 9.17) is 4.74 Å². The molecule has 2 N–H and O–H groups in total. The van der Waals surface area contributed by atoms with Crippen LogP contribution in [0.5, 0.6) is 0 Å². The molecule has 6 heteroatoms. The van der Waals surface area contributed by atoms with Gasteiger partial charge in [-0.05, 0) is 58.6 Å². The average molecular weight is 401 g/mol. The summed E-state index contributed by atoms with van der Waals surface area (Å²) in [4.78, 5) is 11.8. The van der Waals surface area contributed by atoms with Crippen LogP contribution < -0.4 is 10.6 Å². The lowest BCUT2D eigenvalue weighted by molar-refractivity contribution is 0.0520. The number of ether oxygens (including phenoxy) is 1. The molecular weight excluding hydrogens is 375 g/mol. The molecule has 0 spiro atoms. The average Bonchev–Trinajstić information content (AvgIpc) is 3.25. The number of rotatable bonds is 6. The number of carbonyl (C=O) groups is 1. The Morgan fingerprint density at radius 3 is 2.62 bits per heavy atom. The van der Waals surface area contributed by atoms with Crippen LogP contribution in [0.4, 0.5) is 9.18 Å². The van der Waals surface area contributed by atoms with Crippen molar-refractivity contribution in [3.05, 3.63) is 34.1 Å². The van der Waals surface area contributed by atoms with Crippen molar-refractivity contribution in [3.8, 4) is 0 Å². The highest BCUT2D eigenvalue weighted by atomic mass is 79.9. The second kappa shape index (κ2) is 7.83. The lowest BCUT2D eigenvalue weighted by Gasteiger charge is -2.25. The monoisotopic (exact) mass is 400 g/mol. The second-order valence-electron chi connectivity index (χ2n) is 7.38. The van der Waals surface area contributed by atoms with E-state index in [-0.39, 0.29) is 17.9 Å². The second-order valence-corrected chi connectivity index (χ2v) is 8.30. The molecule has 0 heterocycles. The topological polar surface area (TPSA) is 50.4 Å². The van der Waals surface area contributed by atoms with E-state index in [1.165, 1.54) is 6.07 Å². The van der Waals surface area contributed by atoms with Gasteiger partial charge >= 0.3 is 6.09 Å². The number of nitrogens with one attached hydrogen (secondary N) is 2. The molecule has 0 aliphatic heterocycles. The zero-order valence-electron chi connectivity index (χ0n) is 14.7. The third-order valence-corrected chi connectivity index (χ3v) is 4.44. The van der Waals surface area contributed by atoms with E-state index in [9.17, 15) is 9.18 Å². The highest BCUT2D eigenvalue weighted by Gasteiger charge is 2.33. The molecule has 0 aromatic heterocycles. The molecule has 134 valence electrons. The molecule has 1 aliphatic carbocycles. The van der Waals surface area contributed by atoms with Crippen LogP contribution in [-0.4, -0.2) is 24.3 Å². The van der Waals surface area contributed by atoms with Crippen molar-refractivity contribution in [2.24, 2.45) is 5.92 Å². The molecule has 2 rings (SSSR count). The SMILES string of the molecule is CC(NC(CNC(=O)OC(C)(C)C)C1CC1)c1ccc(Br)cc1F. The van der Waals surface area contributed by atoms with Gasteiger partial charge in [-0.3, -0.25) is 0 Å². The van der Waals surface area contributed by atoms with Crippen molar-refractivity contribution in [1.82, 2.24) is 10.6 Å². The largest absolute Gasteiger partial charge is 0.444 e. The minimum absolute atomic E-state index is 0.107. The number of carbonyl (C=O) groups excluding carboxylic acids is 1. The van der Waals surface area contributed by atoms with Gasteiger partial charge in [0.1, 0.15) is 11.4 Å². The maximum Gasteiger partial charge on any atom is 0.407 e. The molecule has 1 amide bonds. The molecule has 24 heavy (non-hydrogen) atoms. The summed E-state index contributed by atoms with van der Waals surface area (Å²) in [7, 11) is 0. The van der Waals surface area contributed by atoms with Crippen LogP contribution in [0.2, 0.25) is 0 Å². The standard InChI is InChI=1S/C18H26BrFN2O2/c1-11(14-8-7-13(19)9-15(14)20)22-16(12-5-6-12)10-21-17(23)24-18(2,3)4/h7-9,11-12,16,22H,5-6,10H2,1-4H3,(H,21,23). The number of hydrogen-bond donors (Lipinski definition) is 2. The Hall–Kier alpha value is -1.14. The Bertz CT molecular complexity index is 585. The molecule has 1 aromatic carbocycles. The van der Waals surface area contributed by atoms with Crippen molar-refractivity contribution < 1.29 is 13.9 Å². The Balaban J connectivity index is 1.92. The summed E-state index contributed by atoms with van der Waals surface area (Å²) in [6.45, 7) is 7.92. The van der Waals surface area contributed by atoms with Crippen LogP contribution in [0.25, 0.3) is 0 Å². The molecule has 1 saturated carbocycles. The highest BCUT2D eigenvalue weighted by molar-refractivity contribution is 9.10. The fourth-order valence-corrected chi connectivity index (χ4v) is 2.96. The molecule has 2 unspecified atom stereocenters. The van der Waals surface area contributed by atoms with Crippen LogP contribution >= 0.6 is 15.9 Å². The van der Waals surface area contributed by atoms with Crippen molar-refractivity contribution in [2.75, 3.05) is 6.54 Å². The van der Waals surface area contributed by atoms with E-state index in [2.05, 4.69) is 26.6 Å². The smallest absolute Gasteiger partial charge is 0.407 e. The van der Waals surface area contributed by atoms with Gasteiger partial charge in [0.15, 0.2) is 0 Å². The molecule has 0 saturated heterocycles. The zero-order chi connectivity index (χ0) is 17.9. The number of amides is 1. The summed E-state index contributed by atoms with van der Waals surface area (Å²) in [5, 5.41) is 6.26. The lowest BCUT2D eigenvalue weighted by atomic mass is 10.1. The number of hydrogen-bond acceptors (Lipinski definition) is 3. The summed E-state index contributed by atoms with van der Waals surface area (Å²) in [5.74, 6) is 0.278. The molecule has 2 atom stereocenters. The number of halogens is 2. The summed E-state index contributed by atoms with van der Waals surface area (Å²) in [5.41, 5.74) is 0.113. The van der Waals surface area contributed by atoms with E-state index in [0.717, 1.165) is 17.3 Å². The van der Waals surface area contributed by atoms with Gasteiger partial charge in [0.25, 0.3) is 0 Å². The third kappa shape index (κ3) is 6.06. The Kier molecular flexibility index (Phi) is 6.26. The van der Waals surface area contributed by atoms with E-state index in [0.29, 0.717) is 18.0 Å². The summed E-state index contributed by atoms with van der Waals surface area (Å²) < 4.78 is 20.1.